The van der Waals surface area contributed by atoms with Gasteiger partial charge >= 0.3 is 12.1 Å². The summed E-state index contributed by atoms with van der Waals surface area (Å²) in [6, 6.07) is 3.91. The predicted octanol–water partition coefficient (Wildman–Crippen LogP) is 6.24. The van der Waals surface area contributed by atoms with E-state index < -0.39 is 46.3 Å². The highest BCUT2D eigenvalue weighted by Crippen LogP contribution is 2.65. The quantitative estimate of drug-likeness (QED) is 0.286. The standard InChI is InChI=1S/C25H26Cl2F3NO3/c1-21(2)22(3)10-11-24(21,34-20(22)33)19(32)31-18-7-6-16(27)14-17(18)23(12-13-26,25(28,29)30)9-8-15-4-5-15/h6-7,14-15H,4-5,10-13H2,1-3H3,(H,31,32)/t22-,23-,24-/m0/s1. The lowest BCUT2D eigenvalue weighted by molar-refractivity contribution is -0.173. The number of benzene rings is 1. The highest BCUT2D eigenvalue weighted by molar-refractivity contribution is 6.30. The Morgan fingerprint density at radius 1 is 1.24 bits per heavy atom. The lowest BCUT2D eigenvalue weighted by Gasteiger charge is -2.36. The van der Waals surface area contributed by atoms with Crippen LogP contribution in [0.4, 0.5) is 18.9 Å². The molecule has 3 aliphatic rings. The molecular weight excluding hydrogens is 490 g/mol. The normalized spacial score (nSPS) is 29.1. The minimum Gasteiger partial charge on any atom is -0.448 e. The number of anilines is 1. The molecule has 4 nitrogen and oxygen atoms in total. The molecule has 34 heavy (non-hydrogen) atoms. The van der Waals surface area contributed by atoms with Crippen LogP contribution in [0.3, 0.4) is 0 Å². The Morgan fingerprint density at radius 2 is 1.91 bits per heavy atom. The Labute approximate surface area is 206 Å². The lowest BCUT2D eigenvalue weighted by atomic mass is 9.66. The largest absolute Gasteiger partial charge is 0.448 e. The maximum Gasteiger partial charge on any atom is 0.409 e. The van der Waals surface area contributed by atoms with Crippen LogP contribution in [0.25, 0.3) is 0 Å². The molecule has 1 N–H and O–H groups in total. The van der Waals surface area contributed by atoms with E-state index in [9.17, 15) is 22.8 Å². The van der Waals surface area contributed by atoms with E-state index in [1.807, 2.05) is 0 Å². The number of rotatable bonds is 5. The van der Waals surface area contributed by atoms with Crippen LogP contribution in [0.15, 0.2) is 18.2 Å². The number of hydrogen-bond donors (Lipinski definition) is 1. The highest BCUT2D eigenvalue weighted by Gasteiger charge is 2.75. The molecule has 1 aliphatic heterocycles. The molecule has 3 atom stereocenters. The number of carbonyl (C=O) groups excluding carboxylic acids is 2. The molecule has 9 heteroatoms. The molecule has 1 aromatic carbocycles. The molecular formula is C25H26Cl2F3NO3. The van der Waals surface area contributed by atoms with Gasteiger partial charge in [-0.1, -0.05) is 37.3 Å². The molecule has 1 aromatic rings. The fraction of sp³-hybridized carbons (Fsp3) is 0.600. The highest BCUT2D eigenvalue weighted by atomic mass is 35.5. The molecule has 0 spiro atoms. The van der Waals surface area contributed by atoms with Gasteiger partial charge in [-0.05, 0) is 57.2 Å². The van der Waals surface area contributed by atoms with Gasteiger partial charge in [0.05, 0.1) is 5.41 Å². The van der Waals surface area contributed by atoms with Crippen LogP contribution in [0.2, 0.25) is 5.02 Å². The summed E-state index contributed by atoms with van der Waals surface area (Å²) < 4.78 is 49.6. The topological polar surface area (TPSA) is 55.4 Å². The summed E-state index contributed by atoms with van der Waals surface area (Å²) in [5.74, 6) is 3.69. The SMILES string of the molecule is CC1(C)[C@@]2(C)CC[C@@]1(C(=O)Nc1ccc(Cl)cc1[C@](C#CC1CC1)(CCCl)C(F)(F)F)OC2=O. The van der Waals surface area contributed by atoms with Gasteiger partial charge < -0.3 is 10.1 Å². The van der Waals surface area contributed by atoms with Crippen molar-refractivity contribution < 1.29 is 27.5 Å². The lowest BCUT2D eigenvalue weighted by Crippen LogP contribution is -2.51. The average molecular weight is 516 g/mol. The molecule has 2 aliphatic carbocycles. The zero-order chi connectivity index (χ0) is 25.2. The van der Waals surface area contributed by atoms with Gasteiger partial charge in [-0.15, -0.1) is 11.6 Å². The monoisotopic (exact) mass is 515 g/mol. The summed E-state index contributed by atoms with van der Waals surface area (Å²) in [6.07, 6.45) is -3.05. The van der Waals surface area contributed by atoms with Crippen molar-refractivity contribution in [2.24, 2.45) is 16.7 Å². The van der Waals surface area contributed by atoms with Gasteiger partial charge in [0, 0.05) is 33.5 Å². The van der Waals surface area contributed by atoms with Gasteiger partial charge in [-0.2, -0.15) is 13.2 Å². The Hall–Kier alpha value is -1.91. The van der Waals surface area contributed by atoms with E-state index >= 15 is 0 Å². The summed E-state index contributed by atoms with van der Waals surface area (Å²) in [6.45, 7) is 5.32. The summed E-state index contributed by atoms with van der Waals surface area (Å²) in [4.78, 5) is 26.2. The minimum atomic E-state index is -4.78. The summed E-state index contributed by atoms with van der Waals surface area (Å²) in [7, 11) is 0. The number of amides is 1. The number of fused-ring (bicyclic) bond motifs is 2. The first-order valence-corrected chi connectivity index (χ1v) is 12.2. The Bertz CT molecular complexity index is 1100. The van der Waals surface area contributed by atoms with E-state index in [1.54, 1.807) is 20.8 Å². The molecule has 1 heterocycles. The second-order valence-electron chi connectivity index (χ2n) is 10.2. The number of esters is 1. The summed E-state index contributed by atoms with van der Waals surface area (Å²) in [5.41, 5.74) is -6.15. The third kappa shape index (κ3) is 3.52. The summed E-state index contributed by atoms with van der Waals surface area (Å²) in [5, 5.41) is 2.72. The van der Waals surface area contributed by atoms with Crippen molar-refractivity contribution in [3.8, 4) is 11.8 Å². The van der Waals surface area contributed by atoms with Crippen LogP contribution in [0.1, 0.15) is 58.4 Å². The third-order valence-corrected chi connectivity index (χ3v) is 8.58. The number of hydrogen-bond acceptors (Lipinski definition) is 3. The van der Waals surface area contributed by atoms with E-state index in [1.165, 1.54) is 18.2 Å². The second kappa shape index (κ2) is 8.06. The zero-order valence-corrected chi connectivity index (χ0v) is 20.7. The van der Waals surface area contributed by atoms with Crippen LogP contribution < -0.4 is 5.32 Å². The van der Waals surface area contributed by atoms with Crippen LogP contribution in [0, 0.1) is 28.6 Å². The van der Waals surface area contributed by atoms with E-state index in [4.69, 9.17) is 27.9 Å². The fourth-order valence-electron chi connectivity index (χ4n) is 5.17. The van der Waals surface area contributed by atoms with Crippen LogP contribution in [0.5, 0.6) is 0 Å². The summed E-state index contributed by atoms with van der Waals surface area (Å²) >= 11 is 12.0. The molecule has 0 aromatic heterocycles. The fourth-order valence-corrected chi connectivity index (χ4v) is 5.63. The third-order valence-electron chi connectivity index (χ3n) is 8.16. The second-order valence-corrected chi connectivity index (χ2v) is 11.0. The maximum absolute atomic E-state index is 14.7. The molecule has 2 saturated carbocycles. The molecule has 0 radical (unpaired) electrons. The van der Waals surface area contributed by atoms with Gasteiger partial charge in [0.2, 0.25) is 0 Å². The van der Waals surface area contributed by atoms with E-state index in [0.717, 1.165) is 12.8 Å². The predicted molar refractivity (Wildman–Crippen MR) is 124 cm³/mol. The van der Waals surface area contributed by atoms with Crippen molar-refractivity contribution in [2.75, 3.05) is 11.2 Å². The van der Waals surface area contributed by atoms with Gasteiger partial charge in [0.25, 0.3) is 5.91 Å². The molecule has 3 fully saturated rings. The maximum atomic E-state index is 14.7. The smallest absolute Gasteiger partial charge is 0.409 e. The van der Waals surface area contributed by atoms with Crippen molar-refractivity contribution in [3.05, 3.63) is 28.8 Å². The first-order chi connectivity index (χ1) is 15.7. The van der Waals surface area contributed by atoms with E-state index in [2.05, 4.69) is 17.2 Å². The van der Waals surface area contributed by atoms with Crippen LogP contribution in [-0.2, 0) is 19.7 Å². The Kier molecular flexibility index (Phi) is 5.97. The molecule has 1 amide bonds. The minimum absolute atomic E-state index is 0.0728. The van der Waals surface area contributed by atoms with E-state index in [-0.39, 0.29) is 34.5 Å². The molecule has 184 valence electrons. The Morgan fingerprint density at radius 3 is 2.41 bits per heavy atom. The van der Waals surface area contributed by atoms with Gasteiger partial charge in [0.15, 0.2) is 11.0 Å². The van der Waals surface area contributed by atoms with Crippen LogP contribution in [-0.4, -0.2) is 29.5 Å². The van der Waals surface area contributed by atoms with Gasteiger partial charge in [0.1, 0.15) is 0 Å². The first-order valence-electron chi connectivity index (χ1n) is 11.2. The molecule has 1 saturated heterocycles. The average Bonchev–Trinajstić information content (AvgIpc) is 3.52. The Balaban J connectivity index is 1.81. The molecule has 2 bridgehead atoms. The number of carbonyl (C=O) groups is 2. The number of nitrogens with one attached hydrogen (secondary N) is 1. The molecule has 4 rings (SSSR count). The number of alkyl halides is 4. The van der Waals surface area contributed by atoms with Crippen molar-refractivity contribution >= 4 is 40.8 Å². The van der Waals surface area contributed by atoms with Crippen molar-refractivity contribution in [1.29, 1.82) is 0 Å². The zero-order valence-electron chi connectivity index (χ0n) is 19.2. The van der Waals surface area contributed by atoms with Crippen molar-refractivity contribution in [2.45, 2.75) is 70.1 Å². The van der Waals surface area contributed by atoms with Crippen LogP contribution >= 0.6 is 23.2 Å². The van der Waals surface area contributed by atoms with Crippen molar-refractivity contribution in [1.82, 2.24) is 0 Å². The molecule has 0 unspecified atom stereocenters. The van der Waals surface area contributed by atoms with E-state index in [0.29, 0.717) is 6.42 Å². The van der Waals surface area contributed by atoms with Gasteiger partial charge in [-0.3, -0.25) is 9.59 Å². The first kappa shape index (κ1) is 25.2. The van der Waals surface area contributed by atoms with Crippen molar-refractivity contribution in [3.63, 3.8) is 0 Å². The van der Waals surface area contributed by atoms with Gasteiger partial charge in [-0.25, -0.2) is 0 Å². The number of ether oxygens (including phenoxy) is 1. The number of halogens is 5.